The topological polar surface area (TPSA) is 37.4 Å². The van der Waals surface area contributed by atoms with E-state index in [0.29, 0.717) is 11.3 Å². The Morgan fingerprint density at radius 3 is 2.33 bits per heavy atom. The molecule has 3 nitrogen and oxygen atoms in total. The lowest BCUT2D eigenvalue weighted by atomic mass is 10.0. The minimum Gasteiger partial charge on any atom is -0.308 e. The van der Waals surface area contributed by atoms with Gasteiger partial charge >= 0.3 is 0 Å². The average Bonchev–Trinajstić information content (AvgIpc) is 2.65. The van der Waals surface area contributed by atoms with Gasteiger partial charge in [-0.25, -0.2) is 0 Å². The first kappa shape index (κ1) is 10.7. The van der Waals surface area contributed by atoms with Gasteiger partial charge in [-0.2, -0.15) is 0 Å². The zero-order chi connectivity index (χ0) is 12.7. The van der Waals surface area contributed by atoms with E-state index in [0.717, 1.165) is 11.1 Å². The molecular formula is C15H11NO2. The molecule has 0 N–H and O–H groups in total. The number of ketones is 1. The number of amides is 1. The van der Waals surface area contributed by atoms with Crippen LogP contribution in [0.3, 0.4) is 0 Å². The highest BCUT2D eigenvalue weighted by Gasteiger charge is 2.33. The van der Waals surface area contributed by atoms with Gasteiger partial charge in [0.05, 0.1) is 11.3 Å². The monoisotopic (exact) mass is 237 g/mol. The van der Waals surface area contributed by atoms with Crippen molar-refractivity contribution in [1.82, 2.24) is 0 Å². The van der Waals surface area contributed by atoms with Crippen LogP contribution in [0.25, 0.3) is 11.1 Å². The van der Waals surface area contributed by atoms with Crippen molar-refractivity contribution in [2.45, 2.75) is 0 Å². The molecule has 88 valence electrons. The third-order valence-corrected chi connectivity index (χ3v) is 3.21. The number of rotatable bonds is 1. The van der Waals surface area contributed by atoms with Crippen molar-refractivity contribution >= 4 is 17.4 Å². The Kier molecular flexibility index (Phi) is 2.27. The van der Waals surface area contributed by atoms with E-state index in [1.54, 1.807) is 13.1 Å². The standard InChI is InChI=1S/C15H11NO2/c1-16-13-8-7-11(10-5-3-2-4-6-10)9-12(13)14(17)15(16)18/h2-9H,1H3. The summed E-state index contributed by atoms with van der Waals surface area (Å²) in [7, 11) is 1.62. The number of likely N-dealkylation sites (N-methyl/N-ethyl adjacent to an activating group) is 1. The van der Waals surface area contributed by atoms with E-state index in [1.807, 2.05) is 42.5 Å². The Hall–Kier alpha value is -2.42. The molecule has 2 aromatic carbocycles. The second-order valence-electron chi connectivity index (χ2n) is 4.29. The molecule has 0 spiro atoms. The van der Waals surface area contributed by atoms with Crippen molar-refractivity contribution in [3.8, 4) is 11.1 Å². The molecule has 3 rings (SSSR count). The van der Waals surface area contributed by atoms with Crippen LogP contribution in [0.5, 0.6) is 0 Å². The zero-order valence-corrected chi connectivity index (χ0v) is 9.88. The molecule has 0 aromatic heterocycles. The second-order valence-corrected chi connectivity index (χ2v) is 4.29. The highest BCUT2D eigenvalue weighted by Crippen LogP contribution is 2.31. The van der Waals surface area contributed by atoms with Gasteiger partial charge < -0.3 is 4.90 Å². The normalized spacial score (nSPS) is 13.9. The van der Waals surface area contributed by atoms with Gasteiger partial charge in [0.1, 0.15) is 0 Å². The molecule has 0 saturated heterocycles. The molecule has 0 aliphatic carbocycles. The minimum absolute atomic E-state index is 0.426. The smallest absolute Gasteiger partial charge is 0.299 e. The van der Waals surface area contributed by atoms with Crippen molar-refractivity contribution in [2.24, 2.45) is 0 Å². The third kappa shape index (κ3) is 1.44. The summed E-state index contributed by atoms with van der Waals surface area (Å²) in [5.41, 5.74) is 3.16. The molecular weight excluding hydrogens is 226 g/mol. The first-order chi connectivity index (χ1) is 8.68. The summed E-state index contributed by atoms with van der Waals surface area (Å²) < 4.78 is 0. The lowest BCUT2D eigenvalue weighted by Crippen LogP contribution is -2.24. The van der Waals surface area contributed by atoms with Gasteiger partial charge in [-0.15, -0.1) is 0 Å². The van der Waals surface area contributed by atoms with Crippen LogP contribution in [0.2, 0.25) is 0 Å². The summed E-state index contributed by atoms with van der Waals surface area (Å²) >= 11 is 0. The van der Waals surface area contributed by atoms with Crippen LogP contribution in [0.1, 0.15) is 10.4 Å². The third-order valence-electron chi connectivity index (χ3n) is 3.21. The molecule has 0 saturated carbocycles. The second kappa shape index (κ2) is 3.81. The number of hydrogen-bond donors (Lipinski definition) is 0. The van der Waals surface area contributed by atoms with Crippen LogP contribution in [-0.4, -0.2) is 18.7 Å². The van der Waals surface area contributed by atoms with E-state index in [-0.39, 0.29) is 0 Å². The summed E-state index contributed by atoms with van der Waals surface area (Å²) in [6, 6.07) is 15.3. The van der Waals surface area contributed by atoms with Crippen molar-refractivity contribution in [1.29, 1.82) is 0 Å². The molecule has 18 heavy (non-hydrogen) atoms. The summed E-state index contributed by atoms with van der Waals surface area (Å²) in [6.07, 6.45) is 0. The number of carbonyl (C=O) groups excluding carboxylic acids is 2. The summed E-state index contributed by atoms with van der Waals surface area (Å²) in [5, 5.41) is 0. The number of fused-ring (bicyclic) bond motifs is 1. The minimum atomic E-state index is -0.463. The van der Waals surface area contributed by atoms with Crippen molar-refractivity contribution < 1.29 is 9.59 Å². The molecule has 1 heterocycles. The highest BCUT2D eigenvalue weighted by molar-refractivity contribution is 6.52. The number of anilines is 1. The van der Waals surface area contributed by atoms with E-state index in [1.165, 1.54) is 4.90 Å². The van der Waals surface area contributed by atoms with Gasteiger partial charge in [0.25, 0.3) is 11.7 Å². The fourth-order valence-corrected chi connectivity index (χ4v) is 2.20. The maximum Gasteiger partial charge on any atom is 0.299 e. The van der Waals surface area contributed by atoms with Crippen LogP contribution < -0.4 is 4.90 Å². The highest BCUT2D eigenvalue weighted by atomic mass is 16.2. The summed E-state index contributed by atoms with van der Waals surface area (Å²) in [6.45, 7) is 0. The maximum absolute atomic E-state index is 11.8. The van der Waals surface area contributed by atoms with Crippen LogP contribution in [0.4, 0.5) is 5.69 Å². The Morgan fingerprint density at radius 1 is 0.889 bits per heavy atom. The number of carbonyl (C=O) groups is 2. The number of hydrogen-bond acceptors (Lipinski definition) is 2. The molecule has 1 aliphatic rings. The fourth-order valence-electron chi connectivity index (χ4n) is 2.20. The molecule has 0 unspecified atom stereocenters. The van der Waals surface area contributed by atoms with Crippen molar-refractivity contribution in [2.75, 3.05) is 11.9 Å². The molecule has 0 fully saturated rings. The van der Waals surface area contributed by atoms with Gasteiger partial charge in [0.2, 0.25) is 0 Å². The van der Waals surface area contributed by atoms with E-state index in [9.17, 15) is 9.59 Å². The zero-order valence-electron chi connectivity index (χ0n) is 9.88. The predicted molar refractivity (Wildman–Crippen MR) is 69.6 cm³/mol. The predicted octanol–water partition coefficient (Wildman–Crippen LogP) is 2.51. The molecule has 0 radical (unpaired) electrons. The summed E-state index contributed by atoms with van der Waals surface area (Å²) in [4.78, 5) is 24.8. The van der Waals surface area contributed by atoms with Gasteiger partial charge in [-0.05, 0) is 23.3 Å². The first-order valence-electron chi connectivity index (χ1n) is 5.70. The number of nitrogens with zero attached hydrogens (tertiary/aromatic N) is 1. The Balaban J connectivity index is 2.14. The molecule has 1 amide bonds. The lowest BCUT2D eigenvalue weighted by molar-refractivity contribution is -0.114. The van der Waals surface area contributed by atoms with Gasteiger partial charge in [0.15, 0.2) is 0 Å². The first-order valence-corrected chi connectivity index (χ1v) is 5.70. The summed E-state index contributed by atoms with van der Waals surface area (Å²) in [5.74, 6) is -0.888. The maximum atomic E-state index is 11.8. The Labute approximate surface area is 105 Å². The van der Waals surface area contributed by atoms with E-state index < -0.39 is 11.7 Å². The van der Waals surface area contributed by atoms with Crippen LogP contribution >= 0.6 is 0 Å². The Bertz CT molecular complexity index is 647. The molecule has 2 aromatic rings. The van der Waals surface area contributed by atoms with Crippen molar-refractivity contribution in [3.63, 3.8) is 0 Å². The SMILES string of the molecule is CN1C(=O)C(=O)c2cc(-c3ccccc3)ccc21. The van der Waals surface area contributed by atoms with E-state index in [4.69, 9.17) is 0 Å². The Morgan fingerprint density at radius 2 is 1.61 bits per heavy atom. The average molecular weight is 237 g/mol. The van der Waals surface area contributed by atoms with Crippen molar-refractivity contribution in [3.05, 3.63) is 54.1 Å². The fraction of sp³-hybridized carbons (Fsp3) is 0.0667. The molecule has 1 aliphatic heterocycles. The van der Waals surface area contributed by atoms with Crippen LogP contribution in [-0.2, 0) is 4.79 Å². The quantitative estimate of drug-likeness (QED) is 0.715. The number of Topliss-reactive ketones (excluding diaryl/α,β-unsaturated/α-hetero) is 1. The molecule has 3 heteroatoms. The van der Waals surface area contributed by atoms with Crippen LogP contribution in [0.15, 0.2) is 48.5 Å². The van der Waals surface area contributed by atoms with Gasteiger partial charge in [0, 0.05) is 7.05 Å². The lowest BCUT2D eigenvalue weighted by Gasteiger charge is -2.09. The van der Waals surface area contributed by atoms with Gasteiger partial charge in [-0.3, -0.25) is 9.59 Å². The molecule has 0 bridgehead atoms. The molecule has 0 atom stereocenters. The number of benzene rings is 2. The van der Waals surface area contributed by atoms with Gasteiger partial charge in [-0.1, -0.05) is 36.4 Å². The van der Waals surface area contributed by atoms with Crippen LogP contribution in [0, 0.1) is 0 Å². The largest absolute Gasteiger partial charge is 0.308 e. The van der Waals surface area contributed by atoms with E-state index >= 15 is 0 Å². The van der Waals surface area contributed by atoms with E-state index in [2.05, 4.69) is 0 Å².